The van der Waals surface area contributed by atoms with Gasteiger partial charge < -0.3 is 15.4 Å². The van der Waals surface area contributed by atoms with Gasteiger partial charge in [-0.2, -0.15) is 0 Å². The molecule has 0 saturated carbocycles. The van der Waals surface area contributed by atoms with Gasteiger partial charge in [0.1, 0.15) is 0 Å². The summed E-state index contributed by atoms with van der Waals surface area (Å²) in [5.41, 5.74) is 6.31. The van der Waals surface area contributed by atoms with Crippen molar-refractivity contribution in [3.8, 4) is 0 Å². The highest BCUT2D eigenvalue weighted by molar-refractivity contribution is 4.96. The maximum atomic E-state index is 6.10. The molecule has 0 amide bonds. The van der Waals surface area contributed by atoms with Crippen LogP contribution in [-0.4, -0.2) is 68.3 Å². The molecule has 0 spiro atoms. The first-order chi connectivity index (χ1) is 8.72. The highest BCUT2D eigenvalue weighted by Gasteiger charge is 2.37. The summed E-state index contributed by atoms with van der Waals surface area (Å²) in [5, 5.41) is 0. The first-order valence-corrected chi connectivity index (χ1v) is 7.38. The van der Waals surface area contributed by atoms with Crippen LogP contribution in [0.3, 0.4) is 0 Å². The summed E-state index contributed by atoms with van der Waals surface area (Å²) in [6, 6.07) is 0. The fraction of sp³-hybridized carbons (Fsp3) is 1.00. The normalized spacial score (nSPS) is 20.5. The molecule has 0 aliphatic carbocycles. The Hall–Kier alpha value is -0.160. The van der Waals surface area contributed by atoms with E-state index in [0.29, 0.717) is 0 Å². The minimum absolute atomic E-state index is 0.206. The summed E-state index contributed by atoms with van der Waals surface area (Å²) in [6.45, 7) is 11.7. The molecule has 0 radical (unpaired) electrons. The van der Waals surface area contributed by atoms with E-state index in [1.54, 1.807) is 7.11 Å². The number of likely N-dealkylation sites (tertiary alicyclic amines) is 1. The zero-order chi connectivity index (χ0) is 13.4. The summed E-state index contributed by atoms with van der Waals surface area (Å²) in [5.74, 6) is 0. The molecule has 0 aromatic rings. The lowest BCUT2D eigenvalue weighted by molar-refractivity contribution is 0.0144. The largest absolute Gasteiger partial charge is 0.383 e. The number of likely N-dealkylation sites (N-methyl/N-ethyl adjacent to an activating group) is 1. The van der Waals surface area contributed by atoms with E-state index in [0.717, 1.165) is 26.2 Å². The second-order valence-electron chi connectivity index (χ2n) is 5.34. The Morgan fingerprint density at radius 3 is 2.39 bits per heavy atom. The summed E-state index contributed by atoms with van der Waals surface area (Å²) < 4.78 is 5.22. The number of nitrogens with zero attached hydrogens (tertiary/aromatic N) is 2. The lowest BCUT2D eigenvalue weighted by Crippen LogP contribution is -2.60. The third kappa shape index (κ3) is 3.92. The van der Waals surface area contributed by atoms with Gasteiger partial charge in [0, 0.05) is 25.7 Å². The smallest absolute Gasteiger partial charge is 0.0589 e. The molecule has 0 unspecified atom stereocenters. The number of methoxy groups -OCH3 is 1. The molecule has 0 atom stereocenters. The van der Waals surface area contributed by atoms with Crippen LogP contribution in [0.4, 0.5) is 0 Å². The molecule has 18 heavy (non-hydrogen) atoms. The molecule has 1 aliphatic heterocycles. The van der Waals surface area contributed by atoms with Crippen LogP contribution in [-0.2, 0) is 4.74 Å². The Labute approximate surface area is 112 Å². The van der Waals surface area contributed by atoms with Gasteiger partial charge in [-0.1, -0.05) is 13.8 Å². The molecule has 4 heteroatoms. The van der Waals surface area contributed by atoms with Crippen molar-refractivity contribution >= 4 is 0 Å². The van der Waals surface area contributed by atoms with Crippen LogP contribution in [0.15, 0.2) is 0 Å². The lowest BCUT2D eigenvalue weighted by atomic mass is 9.85. The number of nitrogens with two attached hydrogens (primary N) is 1. The van der Waals surface area contributed by atoms with Crippen molar-refractivity contribution < 1.29 is 4.74 Å². The van der Waals surface area contributed by atoms with Gasteiger partial charge in [0.05, 0.1) is 6.61 Å². The molecule has 1 aliphatic rings. The monoisotopic (exact) mass is 257 g/mol. The van der Waals surface area contributed by atoms with E-state index in [9.17, 15) is 0 Å². The zero-order valence-electron chi connectivity index (χ0n) is 12.5. The van der Waals surface area contributed by atoms with Crippen LogP contribution in [0, 0.1) is 0 Å². The molecule has 1 fully saturated rings. The molecule has 0 aromatic carbocycles. The second kappa shape index (κ2) is 8.10. The number of piperidine rings is 1. The predicted molar refractivity (Wildman–Crippen MR) is 76.9 cm³/mol. The molecular formula is C14H31N3O. The topological polar surface area (TPSA) is 41.7 Å². The SMILES string of the molecule is CCCN1CCC(CN)(N(CC)CCOC)CC1. The summed E-state index contributed by atoms with van der Waals surface area (Å²) in [4.78, 5) is 5.10. The quantitative estimate of drug-likeness (QED) is 0.708. The highest BCUT2D eigenvalue weighted by atomic mass is 16.5. The van der Waals surface area contributed by atoms with Crippen molar-refractivity contribution in [3.63, 3.8) is 0 Å². The molecule has 1 saturated heterocycles. The van der Waals surface area contributed by atoms with Crippen molar-refractivity contribution in [2.24, 2.45) is 5.73 Å². The van der Waals surface area contributed by atoms with E-state index in [1.807, 2.05) is 0 Å². The van der Waals surface area contributed by atoms with E-state index < -0.39 is 0 Å². The third-order valence-electron chi connectivity index (χ3n) is 4.32. The van der Waals surface area contributed by atoms with Gasteiger partial charge in [0.15, 0.2) is 0 Å². The van der Waals surface area contributed by atoms with Crippen molar-refractivity contribution in [1.82, 2.24) is 9.80 Å². The minimum atomic E-state index is 0.206. The molecule has 0 bridgehead atoms. The first-order valence-electron chi connectivity index (χ1n) is 7.38. The minimum Gasteiger partial charge on any atom is -0.383 e. The van der Waals surface area contributed by atoms with Crippen LogP contribution in [0.25, 0.3) is 0 Å². The maximum absolute atomic E-state index is 6.10. The van der Waals surface area contributed by atoms with E-state index in [1.165, 1.54) is 38.9 Å². The van der Waals surface area contributed by atoms with Crippen LogP contribution in [0.2, 0.25) is 0 Å². The van der Waals surface area contributed by atoms with Crippen LogP contribution in [0.5, 0.6) is 0 Å². The molecule has 0 aromatic heterocycles. The molecule has 108 valence electrons. The van der Waals surface area contributed by atoms with E-state index in [-0.39, 0.29) is 5.54 Å². The second-order valence-corrected chi connectivity index (χ2v) is 5.34. The molecule has 4 nitrogen and oxygen atoms in total. The van der Waals surface area contributed by atoms with Gasteiger partial charge in [-0.15, -0.1) is 0 Å². The van der Waals surface area contributed by atoms with Crippen molar-refractivity contribution in [1.29, 1.82) is 0 Å². The highest BCUT2D eigenvalue weighted by Crippen LogP contribution is 2.28. The van der Waals surface area contributed by atoms with Crippen LogP contribution < -0.4 is 5.73 Å². The van der Waals surface area contributed by atoms with E-state index >= 15 is 0 Å². The first kappa shape index (κ1) is 15.9. The predicted octanol–water partition coefficient (Wildman–Crippen LogP) is 1.16. The number of hydrogen-bond donors (Lipinski definition) is 1. The molecule has 1 rings (SSSR count). The average molecular weight is 257 g/mol. The van der Waals surface area contributed by atoms with Gasteiger partial charge >= 0.3 is 0 Å². The van der Waals surface area contributed by atoms with Crippen LogP contribution >= 0.6 is 0 Å². The Bertz CT molecular complexity index is 215. The standard InChI is InChI=1S/C14H31N3O/c1-4-8-16-9-6-14(13-15,7-10-16)17(5-2)11-12-18-3/h4-13,15H2,1-3H3. The molecule has 2 N–H and O–H groups in total. The summed E-state index contributed by atoms with van der Waals surface area (Å²) in [6.07, 6.45) is 3.64. The number of rotatable bonds is 8. The number of hydrogen-bond acceptors (Lipinski definition) is 4. The van der Waals surface area contributed by atoms with Crippen molar-refractivity contribution in [2.45, 2.75) is 38.6 Å². The van der Waals surface area contributed by atoms with Gasteiger partial charge in [-0.3, -0.25) is 4.90 Å². The Morgan fingerprint density at radius 1 is 1.28 bits per heavy atom. The summed E-state index contributed by atoms with van der Waals surface area (Å²) in [7, 11) is 1.77. The van der Waals surface area contributed by atoms with Gasteiger partial charge in [-0.05, 0) is 45.4 Å². The fourth-order valence-electron chi connectivity index (χ4n) is 3.09. The van der Waals surface area contributed by atoms with Gasteiger partial charge in [-0.25, -0.2) is 0 Å². The Morgan fingerprint density at radius 2 is 1.94 bits per heavy atom. The molecular weight excluding hydrogens is 226 g/mol. The van der Waals surface area contributed by atoms with E-state index in [4.69, 9.17) is 10.5 Å². The van der Waals surface area contributed by atoms with Gasteiger partial charge in [0.2, 0.25) is 0 Å². The zero-order valence-corrected chi connectivity index (χ0v) is 12.5. The third-order valence-corrected chi connectivity index (χ3v) is 4.32. The van der Waals surface area contributed by atoms with Crippen molar-refractivity contribution in [2.75, 3.05) is 53.0 Å². The average Bonchev–Trinajstić information content (AvgIpc) is 2.42. The van der Waals surface area contributed by atoms with Crippen molar-refractivity contribution in [3.05, 3.63) is 0 Å². The Kier molecular flexibility index (Phi) is 7.15. The lowest BCUT2D eigenvalue weighted by Gasteiger charge is -2.48. The Balaban J connectivity index is 2.57. The number of ether oxygens (including phenoxy) is 1. The maximum Gasteiger partial charge on any atom is 0.0589 e. The summed E-state index contributed by atoms with van der Waals surface area (Å²) >= 11 is 0. The fourth-order valence-corrected chi connectivity index (χ4v) is 3.09. The van der Waals surface area contributed by atoms with Crippen LogP contribution in [0.1, 0.15) is 33.1 Å². The van der Waals surface area contributed by atoms with E-state index in [2.05, 4.69) is 23.6 Å². The molecule has 1 heterocycles. The van der Waals surface area contributed by atoms with Gasteiger partial charge in [0.25, 0.3) is 0 Å².